The van der Waals surface area contributed by atoms with Crippen LogP contribution >= 0.6 is 11.3 Å². The van der Waals surface area contributed by atoms with Crippen LogP contribution in [-0.4, -0.2) is 41.8 Å². The van der Waals surface area contributed by atoms with Crippen LogP contribution in [0.5, 0.6) is 0 Å². The van der Waals surface area contributed by atoms with E-state index >= 15 is 0 Å². The Labute approximate surface area is 146 Å². The molecule has 0 aliphatic carbocycles. The van der Waals surface area contributed by atoms with E-state index in [1.54, 1.807) is 22.2 Å². The fourth-order valence-electron chi connectivity index (χ4n) is 2.03. The molecule has 3 aromatic rings. The molecule has 0 aromatic carbocycles. The van der Waals surface area contributed by atoms with Crippen LogP contribution in [0.2, 0.25) is 0 Å². The molecule has 0 bridgehead atoms. The number of thiophene rings is 1. The van der Waals surface area contributed by atoms with Gasteiger partial charge in [0.2, 0.25) is 0 Å². The van der Waals surface area contributed by atoms with Crippen molar-refractivity contribution < 1.29 is 14.7 Å². The lowest BCUT2D eigenvalue weighted by Crippen LogP contribution is -2.35. The lowest BCUT2D eigenvalue weighted by atomic mass is 10.1. The van der Waals surface area contributed by atoms with Crippen LogP contribution in [-0.2, 0) is 16.9 Å². The second-order valence-corrected chi connectivity index (χ2v) is 6.90. The molecule has 0 unspecified atom stereocenters. The van der Waals surface area contributed by atoms with Crippen LogP contribution in [0.1, 0.15) is 29.2 Å². The number of anilines is 1. The number of carbonyl (C=O) groups excluding carboxylic acids is 1. The quantitative estimate of drug-likeness (QED) is 0.691. The van der Waals surface area contributed by atoms with Gasteiger partial charge in [0.25, 0.3) is 5.91 Å². The van der Waals surface area contributed by atoms with Gasteiger partial charge in [0, 0.05) is 11.1 Å². The normalized spacial score (nSPS) is 11.4. The Morgan fingerprint density at radius 3 is 2.84 bits per heavy atom. The van der Waals surface area contributed by atoms with Gasteiger partial charge in [-0.25, -0.2) is 9.48 Å². The molecule has 0 saturated heterocycles. The summed E-state index contributed by atoms with van der Waals surface area (Å²) in [6.45, 7) is 3.58. The van der Waals surface area contributed by atoms with Crippen LogP contribution in [0.15, 0.2) is 36.1 Å². The van der Waals surface area contributed by atoms with Gasteiger partial charge in [0.05, 0.1) is 24.6 Å². The van der Waals surface area contributed by atoms with Crippen molar-refractivity contribution in [3.63, 3.8) is 0 Å². The summed E-state index contributed by atoms with van der Waals surface area (Å²) in [7, 11) is 0. The van der Waals surface area contributed by atoms with Crippen LogP contribution in [0, 0.1) is 0 Å². The van der Waals surface area contributed by atoms with Crippen molar-refractivity contribution >= 4 is 28.9 Å². The highest BCUT2D eigenvalue weighted by Crippen LogP contribution is 2.17. The minimum absolute atomic E-state index is 0.168. The molecule has 3 rings (SSSR count). The number of nitrogens with one attached hydrogen (secondary N) is 1. The lowest BCUT2D eigenvalue weighted by Gasteiger charge is -2.19. The van der Waals surface area contributed by atoms with Gasteiger partial charge < -0.3 is 10.4 Å². The lowest BCUT2D eigenvalue weighted by molar-refractivity contribution is -0.146. The Hall–Kier alpha value is -3.01. The van der Waals surface area contributed by atoms with Crippen molar-refractivity contribution in [2.24, 2.45) is 0 Å². The van der Waals surface area contributed by atoms with E-state index in [2.05, 4.69) is 20.7 Å². The van der Waals surface area contributed by atoms with Gasteiger partial charge in [0.1, 0.15) is 0 Å². The molecule has 130 valence electrons. The van der Waals surface area contributed by atoms with E-state index in [4.69, 9.17) is 0 Å². The first kappa shape index (κ1) is 16.8. The molecule has 0 fully saturated rings. The van der Waals surface area contributed by atoms with Gasteiger partial charge in [-0.2, -0.15) is 5.10 Å². The summed E-state index contributed by atoms with van der Waals surface area (Å²) >= 11 is 1.60. The minimum Gasteiger partial charge on any atom is -0.479 e. The second kappa shape index (κ2) is 6.48. The summed E-state index contributed by atoms with van der Waals surface area (Å²) < 4.78 is 2.86. The van der Waals surface area contributed by atoms with Gasteiger partial charge in [-0.3, -0.25) is 9.48 Å². The maximum Gasteiger partial charge on any atom is 0.331 e. The Balaban J connectivity index is 1.68. The highest BCUT2D eigenvalue weighted by atomic mass is 32.1. The molecule has 3 aromatic heterocycles. The van der Waals surface area contributed by atoms with Gasteiger partial charge in [-0.15, -0.1) is 16.4 Å². The van der Waals surface area contributed by atoms with E-state index in [1.165, 1.54) is 30.9 Å². The zero-order valence-corrected chi connectivity index (χ0v) is 14.4. The number of aliphatic carboxylic acids is 1. The molecular weight excluding hydrogens is 344 g/mol. The number of hydrogen-bond acceptors (Lipinski definition) is 6. The summed E-state index contributed by atoms with van der Waals surface area (Å²) in [6.07, 6.45) is 4.40. The summed E-state index contributed by atoms with van der Waals surface area (Å²) in [4.78, 5) is 24.6. The number of hydrogen-bond donors (Lipinski definition) is 2. The topological polar surface area (TPSA) is 115 Å². The predicted octanol–water partition coefficient (Wildman–Crippen LogP) is 1.66. The fraction of sp³-hybridized carbons (Fsp3) is 0.267. The van der Waals surface area contributed by atoms with E-state index in [-0.39, 0.29) is 5.69 Å². The molecule has 3 heterocycles. The SMILES string of the molecule is CC(C)(C(=O)O)n1cc(NC(=O)c2cn(Cc3cccs3)nn2)cn1. The van der Waals surface area contributed by atoms with Crippen molar-refractivity contribution in [2.75, 3.05) is 5.32 Å². The molecular formula is C15H16N6O3S. The monoisotopic (exact) mass is 360 g/mol. The number of nitrogens with zero attached hydrogens (tertiary/aromatic N) is 5. The molecule has 1 amide bonds. The Kier molecular flexibility index (Phi) is 4.36. The van der Waals surface area contributed by atoms with E-state index in [1.807, 2.05) is 17.5 Å². The Morgan fingerprint density at radius 2 is 2.16 bits per heavy atom. The highest BCUT2D eigenvalue weighted by Gasteiger charge is 2.30. The maximum absolute atomic E-state index is 12.2. The smallest absolute Gasteiger partial charge is 0.331 e. The Bertz CT molecular complexity index is 896. The largest absolute Gasteiger partial charge is 0.479 e. The first-order chi connectivity index (χ1) is 11.9. The van der Waals surface area contributed by atoms with Crippen molar-refractivity contribution in [1.29, 1.82) is 0 Å². The molecule has 0 atom stereocenters. The molecule has 0 saturated carbocycles. The number of amides is 1. The van der Waals surface area contributed by atoms with Crippen LogP contribution in [0.4, 0.5) is 5.69 Å². The molecule has 2 N–H and O–H groups in total. The standard InChI is InChI=1S/C15H16N6O3S/c1-15(2,14(23)24)21-7-10(6-16-21)17-13(22)12-9-20(19-18-12)8-11-4-3-5-25-11/h3-7,9H,8H2,1-2H3,(H,17,22)(H,23,24). The number of carboxylic acid groups (broad SMARTS) is 1. The van der Waals surface area contributed by atoms with E-state index in [9.17, 15) is 14.7 Å². The number of carbonyl (C=O) groups is 2. The van der Waals surface area contributed by atoms with Crippen LogP contribution < -0.4 is 5.32 Å². The molecule has 0 aliphatic heterocycles. The van der Waals surface area contributed by atoms with Crippen molar-refractivity contribution in [2.45, 2.75) is 25.9 Å². The molecule has 25 heavy (non-hydrogen) atoms. The first-order valence-corrected chi connectivity index (χ1v) is 8.26. The average molecular weight is 360 g/mol. The third-order valence-electron chi connectivity index (χ3n) is 3.61. The van der Waals surface area contributed by atoms with E-state index < -0.39 is 17.4 Å². The molecule has 0 spiro atoms. The summed E-state index contributed by atoms with van der Waals surface area (Å²) in [5, 5.41) is 25.6. The van der Waals surface area contributed by atoms with Crippen molar-refractivity contribution in [3.05, 3.63) is 46.7 Å². The summed E-state index contributed by atoms with van der Waals surface area (Å²) in [5.74, 6) is -1.46. The zero-order valence-electron chi connectivity index (χ0n) is 13.6. The number of rotatable bonds is 6. The average Bonchev–Trinajstić information content (AvgIpc) is 3.28. The summed E-state index contributed by atoms with van der Waals surface area (Å²) in [5.41, 5.74) is -0.666. The second-order valence-electron chi connectivity index (χ2n) is 5.87. The van der Waals surface area contributed by atoms with Gasteiger partial charge >= 0.3 is 5.97 Å². The van der Waals surface area contributed by atoms with E-state index in [0.29, 0.717) is 12.2 Å². The van der Waals surface area contributed by atoms with Gasteiger partial charge in [0.15, 0.2) is 11.2 Å². The zero-order chi connectivity index (χ0) is 18.0. The fourth-order valence-corrected chi connectivity index (χ4v) is 2.72. The van der Waals surface area contributed by atoms with Gasteiger partial charge in [-0.05, 0) is 25.3 Å². The molecule has 0 radical (unpaired) electrons. The molecule has 0 aliphatic rings. The third-order valence-corrected chi connectivity index (χ3v) is 4.47. The summed E-state index contributed by atoms with van der Waals surface area (Å²) in [6, 6.07) is 3.92. The van der Waals surface area contributed by atoms with Crippen LogP contribution in [0.25, 0.3) is 0 Å². The Morgan fingerprint density at radius 1 is 1.36 bits per heavy atom. The van der Waals surface area contributed by atoms with Crippen molar-refractivity contribution in [3.8, 4) is 0 Å². The predicted molar refractivity (Wildman–Crippen MR) is 90.6 cm³/mol. The maximum atomic E-state index is 12.2. The third kappa shape index (κ3) is 3.58. The van der Waals surface area contributed by atoms with Gasteiger partial charge in [-0.1, -0.05) is 11.3 Å². The highest BCUT2D eigenvalue weighted by molar-refractivity contribution is 7.09. The number of aromatic nitrogens is 5. The molecule has 9 nitrogen and oxygen atoms in total. The first-order valence-electron chi connectivity index (χ1n) is 7.38. The van der Waals surface area contributed by atoms with Crippen molar-refractivity contribution in [1.82, 2.24) is 24.8 Å². The molecule has 10 heteroatoms. The van der Waals surface area contributed by atoms with E-state index in [0.717, 1.165) is 4.88 Å². The minimum atomic E-state index is -1.22. The number of carboxylic acids is 1. The van der Waals surface area contributed by atoms with Crippen LogP contribution in [0.3, 0.4) is 0 Å².